The number of carboxylic acid groups (broad SMARTS) is 1. The van der Waals surface area contributed by atoms with E-state index in [4.69, 9.17) is 9.84 Å². The van der Waals surface area contributed by atoms with Crippen LogP contribution < -0.4 is 4.74 Å². The van der Waals surface area contributed by atoms with Gasteiger partial charge in [-0.1, -0.05) is 6.42 Å². The predicted molar refractivity (Wildman–Crippen MR) is 52.1 cm³/mol. The third-order valence-electron chi connectivity index (χ3n) is 2.72. The molecule has 1 aliphatic carbocycles. The third kappa shape index (κ3) is 1.70. The molecule has 0 spiro atoms. The lowest BCUT2D eigenvalue weighted by atomic mass is 9.82. The molecule has 0 atom stereocenters. The number of hydrogen-bond donors (Lipinski definition) is 1. The van der Waals surface area contributed by atoms with Crippen LogP contribution in [0.4, 0.5) is 4.39 Å². The summed E-state index contributed by atoms with van der Waals surface area (Å²) >= 11 is 0. The van der Waals surface area contributed by atoms with Crippen LogP contribution in [0.2, 0.25) is 0 Å². The Labute approximate surface area is 91.3 Å². The Balaban J connectivity index is 2.48. The second-order valence-corrected chi connectivity index (χ2v) is 3.69. The van der Waals surface area contributed by atoms with E-state index in [-0.39, 0.29) is 17.5 Å². The Kier molecular flexibility index (Phi) is 2.72. The van der Waals surface area contributed by atoms with Gasteiger partial charge >= 0.3 is 5.97 Å². The van der Waals surface area contributed by atoms with Gasteiger partial charge in [-0.15, -0.1) is 0 Å². The molecule has 1 saturated carbocycles. The summed E-state index contributed by atoms with van der Waals surface area (Å²) in [5.41, 5.74) is 0.163. The normalized spacial score (nSPS) is 15.6. The van der Waals surface area contributed by atoms with Crippen LogP contribution in [0.5, 0.6) is 5.88 Å². The largest absolute Gasteiger partial charge is 0.479 e. The molecule has 16 heavy (non-hydrogen) atoms. The molecule has 6 heteroatoms. The zero-order valence-corrected chi connectivity index (χ0v) is 8.73. The highest BCUT2D eigenvalue weighted by atomic mass is 19.1. The molecule has 86 valence electrons. The van der Waals surface area contributed by atoms with Crippen molar-refractivity contribution in [3.63, 3.8) is 0 Å². The highest BCUT2D eigenvalue weighted by Gasteiger charge is 2.28. The maximum absolute atomic E-state index is 13.7. The van der Waals surface area contributed by atoms with Gasteiger partial charge in [-0.05, 0) is 12.8 Å². The van der Waals surface area contributed by atoms with Gasteiger partial charge in [0.15, 0.2) is 0 Å². The van der Waals surface area contributed by atoms with Crippen molar-refractivity contribution in [2.24, 2.45) is 0 Å². The van der Waals surface area contributed by atoms with E-state index in [0.29, 0.717) is 0 Å². The number of methoxy groups -OCH3 is 1. The van der Waals surface area contributed by atoms with E-state index < -0.39 is 17.6 Å². The molecular formula is C10H11FN2O3. The van der Waals surface area contributed by atoms with Crippen LogP contribution >= 0.6 is 0 Å². The van der Waals surface area contributed by atoms with Gasteiger partial charge in [0.1, 0.15) is 0 Å². The number of hydrogen-bond acceptors (Lipinski definition) is 4. The lowest BCUT2D eigenvalue weighted by Gasteiger charge is -2.25. The van der Waals surface area contributed by atoms with Crippen molar-refractivity contribution >= 4 is 5.97 Å². The average molecular weight is 226 g/mol. The third-order valence-corrected chi connectivity index (χ3v) is 2.72. The Morgan fingerprint density at radius 3 is 2.62 bits per heavy atom. The Morgan fingerprint density at radius 1 is 1.50 bits per heavy atom. The van der Waals surface area contributed by atoms with Crippen LogP contribution in [-0.2, 0) is 0 Å². The zero-order valence-electron chi connectivity index (χ0n) is 8.73. The lowest BCUT2D eigenvalue weighted by Crippen LogP contribution is -2.17. The molecule has 1 aliphatic rings. The second kappa shape index (κ2) is 4.03. The van der Waals surface area contributed by atoms with E-state index in [1.54, 1.807) is 0 Å². The summed E-state index contributed by atoms with van der Waals surface area (Å²) in [7, 11) is 1.25. The first-order valence-electron chi connectivity index (χ1n) is 4.98. The van der Waals surface area contributed by atoms with Gasteiger partial charge in [0.05, 0.1) is 12.8 Å². The number of carbonyl (C=O) groups is 1. The quantitative estimate of drug-likeness (QED) is 0.847. The van der Waals surface area contributed by atoms with E-state index in [1.807, 2.05) is 0 Å². The summed E-state index contributed by atoms with van der Waals surface area (Å²) in [6.45, 7) is 0. The van der Waals surface area contributed by atoms with Crippen molar-refractivity contribution in [3.8, 4) is 5.88 Å². The first-order valence-corrected chi connectivity index (χ1v) is 4.98. The van der Waals surface area contributed by atoms with Crippen LogP contribution in [0.3, 0.4) is 0 Å². The molecule has 0 unspecified atom stereocenters. The summed E-state index contributed by atoms with van der Waals surface area (Å²) < 4.78 is 18.5. The minimum absolute atomic E-state index is 0.00463. The van der Waals surface area contributed by atoms with E-state index in [1.165, 1.54) is 7.11 Å². The molecule has 1 heterocycles. The zero-order chi connectivity index (χ0) is 11.7. The van der Waals surface area contributed by atoms with Crippen molar-refractivity contribution < 1.29 is 19.0 Å². The summed E-state index contributed by atoms with van der Waals surface area (Å²) in [5.74, 6) is -2.64. The second-order valence-electron chi connectivity index (χ2n) is 3.69. The van der Waals surface area contributed by atoms with Crippen molar-refractivity contribution in [3.05, 3.63) is 17.3 Å². The van der Waals surface area contributed by atoms with Crippen molar-refractivity contribution in [1.82, 2.24) is 9.97 Å². The van der Waals surface area contributed by atoms with Crippen molar-refractivity contribution in [2.75, 3.05) is 7.11 Å². The molecule has 0 bridgehead atoms. The van der Waals surface area contributed by atoms with E-state index in [0.717, 1.165) is 19.3 Å². The molecular weight excluding hydrogens is 215 g/mol. The number of carboxylic acids is 1. The van der Waals surface area contributed by atoms with Gasteiger partial charge in [0.2, 0.25) is 11.6 Å². The van der Waals surface area contributed by atoms with E-state index >= 15 is 0 Å². The molecule has 1 fully saturated rings. The molecule has 0 amide bonds. The Morgan fingerprint density at radius 2 is 2.19 bits per heavy atom. The van der Waals surface area contributed by atoms with E-state index in [9.17, 15) is 9.18 Å². The molecule has 1 aromatic heterocycles. The van der Waals surface area contributed by atoms with Crippen LogP contribution in [0.25, 0.3) is 0 Å². The Hall–Kier alpha value is -1.72. The summed E-state index contributed by atoms with van der Waals surface area (Å²) in [4.78, 5) is 18.0. The number of aromatic nitrogens is 2. The minimum atomic E-state index is -1.28. The van der Waals surface area contributed by atoms with Crippen LogP contribution in [-0.4, -0.2) is 28.2 Å². The van der Waals surface area contributed by atoms with Crippen LogP contribution in [0.1, 0.15) is 41.5 Å². The standard InChI is InChI=1S/C10H11FN2O3/c1-16-9-6(11)7(5-3-2-4-5)12-8(13-9)10(14)15/h5H,2-4H2,1H3,(H,14,15). The monoisotopic (exact) mass is 226 g/mol. The number of nitrogens with zero attached hydrogens (tertiary/aromatic N) is 2. The van der Waals surface area contributed by atoms with Gasteiger partial charge in [-0.25, -0.2) is 9.78 Å². The first-order chi connectivity index (χ1) is 7.63. The summed E-state index contributed by atoms with van der Waals surface area (Å²) in [5, 5.41) is 8.79. The number of rotatable bonds is 3. The maximum atomic E-state index is 13.7. The molecule has 1 N–H and O–H groups in total. The van der Waals surface area contributed by atoms with Crippen LogP contribution in [0.15, 0.2) is 0 Å². The lowest BCUT2D eigenvalue weighted by molar-refractivity contribution is 0.0681. The van der Waals surface area contributed by atoms with Crippen molar-refractivity contribution in [1.29, 1.82) is 0 Å². The Bertz CT molecular complexity index is 432. The maximum Gasteiger partial charge on any atom is 0.374 e. The highest BCUT2D eigenvalue weighted by Crippen LogP contribution is 2.37. The van der Waals surface area contributed by atoms with Crippen molar-refractivity contribution in [2.45, 2.75) is 25.2 Å². The topological polar surface area (TPSA) is 72.3 Å². The summed E-state index contributed by atoms with van der Waals surface area (Å²) in [6, 6.07) is 0. The molecule has 0 saturated heterocycles. The first kappa shape index (κ1) is 10.8. The van der Waals surface area contributed by atoms with Gasteiger partial charge in [-0.3, -0.25) is 0 Å². The smallest absolute Gasteiger partial charge is 0.374 e. The number of aromatic carboxylic acids is 1. The number of halogens is 1. The highest BCUT2D eigenvalue weighted by molar-refractivity contribution is 5.83. The molecule has 0 radical (unpaired) electrons. The fourth-order valence-corrected chi connectivity index (χ4v) is 1.63. The van der Waals surface area contributed by atoms with E-state index in [2.05, 4.69) is 9.97 Å². The molecule has 5 nitrogen and oxygen atoms in total. The minimum Gasteiger partial charge on any atom is -0.479 e. The average Bonchev–Trinajstić information content (AvgIpc) is 2.18. The van der Waals surface area contributed by atoms with Gasteiger partial charge in [0, 0.05) is 5.92 Å². The van der Waals surface area contributed by atoms with Crippen LogP contribution in [0, 0.1) is 5.82 Å². The fraction of sp³-hybridized carbons (Fsp3) is 0.500. The SMILES string of the molecule is COc1nc(C(=O)O)nc(C2CCC2)c1F. The fourth-order valence-electron chi connectivity index (χ4n) is 1.63. The predicted octanol–water partition coefficient (Wildman–Crippen LogP) is 1.59. The van der Waals surface area contributed by atoms with Gasteiger partial charge < -0.3 is 9.84 Å². The molecule has 0 aromatic carbocycles. The number of ether oxygens (including phenoxy) is 1. The van der Waals surface area contributed by atoms with Gasteiger partial charge in [0.25, 0.3) is 5.88 Å². The van der Waals surface area contributed by atoms with Gasteiger partial charge in [-0.2, -0.15) is 9.37 Å². The molecule has 2 rings (SSSR count). The summed E-state index contributed by atoms with van der Waals surface area (Å²) in [6.07, 6.45) is 2.67. The molecule has 0 aliphatic heterocycles. The molecule has 1 aromatic rings.